The first-order chi connectivity index (χ1) is 13.4. The largest absolute Gasteiger partial charge is 0.490 e. The van der Waals surface area contributed by atoms with E-state index in [0.29, 0.717) is 25.6 Å². The Hall–Kier alpha value is -2.06. The third-order valence-electron chi connectivity index (χ3n) is 4.26. The maximum absolute atomic E-state index is 13.0. The quantitative estimate of drug-likeness (QED) is 0.656. The van der Waals surface area contributed by atoms with Gasteiger partial charge in [0.15, 0.2) is 5.82 Å². The number of fused-ring (bicyclic) bond motifs is 1. The summed E-state index contributed by atoms with van der Waals surface area (Å²) < 4.78 is 76.3. The molecule has 0 aromatic carbocycles. The van der Waals surface area contributed by atoms with Gasteiger partial charge in [-0.25, -0.2) is 32.3 Å². The molecule has 2 fully saturated rings. The van der Waals surface area contributed by atoms with Crippen LogP contribution >= 0.6 is 0 Å². The zero-order valence-corrected chi connectivity index (χ0v) is 16.1. The second-order valence-corrected chi connectivity index (χ2v) is 8.42. The average molecular weight is 444 g/mol. The number of halogens is 4. The van der Waals surface area contributed by atoms with Crippen molar-refractivity contribution < 1.29 is 40.6 Å². The van der Waals surface area contributed by atoms with Crippen LogP contribution in [-0.2, 0) is 19.6 Å². The van der Waals surface area contributed by atoms with E-state index in [0.717, 1.165) is 31.5 Å². The average Bonchev–Trinajstić information content (AvgIpc) is 2.60. The molecule has 1 aromatic rings. The Balaban J connectivity index is 0.000000370. The Labute approximate surface area is 164 Å². The highest BCUT2D eigenvalue weighted by molar-refractivity contribution is 7.88. The fraction of sp³-hybridized carbons (Fsp3) is 0.667. The summed E-state index contributed by atoms with van der Waals surface area (Å²) in [5, 5.41) is 7.12. The number of carbonyl (C=O) groups is 1. The molecule has 0 spiro atoms. The number of aliphatic carboxylic acids is 1. The standard InChI is InChI=1S/C13H19FN4O3S.C2HF3O2/c1-22(19,20)17-11-8-18(13-15-5-10(14)6-16-13)7-9-3-2-4-21-12(9)11;3-2(4,5)1(6)7/h5-6,9,11-12,17H,2-4,7-8H2,1H3;(H,6,7)/t9-,11+,12-;/m0./s1. The molecule has 0 unspecified atom stereocenters. The minimum absolute atomic E-state index is 0.139. The Morgan fingerprint density at radius 3 is 2.41 bits per heavy atom. The van der Waals surface area contributed by atoms with E-state index in [9.17, 15) is 26.0 Å². The second-order valence-electron chi connectivity index (χ2n) is 6.64. The number of carboxylic acid groups (broad SMARTS) is 1. The number of hydrogen-bond acceptors (Lipinski definition) is 7. The van der Waals surface area contributed by atoms with Crippen molar-refractivity contribution in [3.63, 3.8) is 0 Å². The van der Waals surface area contributed by atoms with Crippen molar-refractivity contribution in [2.75, 3.05) is 30.9 Å². The minimum Gasteiger partial charge on any atom is -0.475 e. The molecule has 3 atom stereocenters. The van der Waals surface area contributed by atoms with Crippen LogP contribution < -0.4 is 9.62 Å². The van der Waals surface area contributed by atoms with Crippen molar-refractivity contribution in [2.45, 2.75) is 31.2 Å². The molecule has 14 heteroatoms. The number of nitrogens with zero attached hydrogens (tertiary/aromatic N) is 3. The Kier molecular flexibility index (Phi) is 7.35. The van der Waals surface area contributed by atoms with Gasteiger partial charge in [-0.1, -0.05) is 0 Å². The molecule has 164 valence electrons. The van der Waals surface area contributed by atoms with Crippen LogP contribution in [0, 0.1) is 11.7 Å². The van der Waals surface area contributed by atoms with Crippen molar-refractivity contribution in [1.29, 1.82) is 0 Å². The first kappa shape index (κ1) is 23.2. The molecule has 2 N–H and O–H groups in total. The molecular formula is C15H20F4N4O5S. The predicted molar refractivity (Wildman–Crippen MR) is 92.1 cm³/mol. The number of ether oxygens (including phenoxy) is 1. The van der Waals surface area contributed by atoms with Crippen LogP contribution in [0.4, 0.5) is 23.5 Å². The van der Waals surface area contributed by atoms with Crippen LogP contribution in [0.5, 0.6) is 0 Å². The number of aromatic nitrogens is 2. The number of sulfonamides is 1. The summed E-state index contributed by atoms with van der Waals surface area (Å²) in [4.78, 5) is 18.8. The Morgan fingerprint density at radius 2 is 1.90 bits per heavy atom. The predicted octanol–water partition coefficient (Wildman–Crippen LogP) is 0.782. The van der Waals surface area contributed by atoms with Crippen LogP contribution in [0.25, 0.3) is 0 Å². The van der Waals surface area contributed by atoms with Crippen LogP contribution in [0.1, 0.15) is 12.8 Å². The summed E-state index contributed by atoms with van der Waals surface area (Å²) in [6.07, 6.45) is 0.0586. The molecule has 0 bridgehead atoms. The van der Waals surface area contributed by atoms with E-state index in [4.69, 9.17) is 14.6 Å². The van der Waals surface area contributed by atoms with Crippen LogP contribution in [-0.4, -0.2) is 73.7 Å². The minimum atomic E-state index is -5.08. The summed E-state index contributed by atoms with van der Waals surface area (Å²) in [6.45, 7) is 1.73. The van der Waals surface area contributed by atoms with E-state index in [-0.39, 0.29) is 18.1 Å². The van der Waals surface area contributed by atoms with Crippen molar-refractivity contribution in [2.24, 2.45) is 5.92 Å². The first-order valence-electron chi connectivity index (χ1n) is 8.48. The molecular weight excluding hydrogens is 424 g/mol. The van der Waals surface area contributed by atoms with Gasteiger partial charge in [-0.3, -0.25) is 0 Å². The van der Waals surface area contributed by atoms with Gasteiger partial charge in [0.25, 0.3) is 0 Å². The van der Waals surface area contributed by atoms with Crippen LogP contribution in [0.2, 0.25) is 0 Å². The Morgan fingerprint density at radius 1 is 1.31 bits per heavy atom. The lowest BCUT2D eigenvalue weighted by Crippen LogP contribution is -2.61. The van der Waals surface area contributed by atoms with Gasteiger partial charge in [-0.15, -0.1) is 0 Å². The van der Waals surface area contributed by atoms with Crippen molar-refractivity contribution in [1.82, 2.24) is 14.7 Å². The van der Waals surface area contributed by atoms with E-state index >= 15 is 0 Å². The lowest BCUT2D eigenvalue weighted by molar-refractivity contribution is -0.192. The molecule has 0 aliphatic carbocycles. The molecule has 0 saturated carbocycles. The number of anilines is 1. The maximum atomic E-state index is 13.0. The number of hydrogen-bond donors (Lipinski definition) is 2. The van der Waals surface area contributed by atoms with Crippen LogP contribution in [0.15, 0.2) is 12.4 Å². The fourth-order valence-corrected chi connectivity index (χ4v) is 3.97. The summed E-state index contributed by atoms with van der Waals surface area (Å²) >= 11 is 0. The van der Waals surface area contributed by atoms with E-state index in [1.54, 1.807) is 0 Å². The SMILES string of the molecule is CS(=O)(=O)N[C@@H]1CN(c2ncc(F)cn2)C[C@@H]2CCCO[C@@H]21.O=C(O)C(F)(F)F. The first-order valence-corrected chi connectivity index (χ1v) is 10.4. The summed E-state index contributed by atoms with van der Waals surface area (Å²) in [7, 11) is -3.34. The molecule has 2 aliphatic rings. The molecule has 1 aromatic heterocycles. The van der Waals surface area contributed by atoms with E-state index in [1.165, 1.54) is 0 Å². The van der Waals surface area contributed by atoms with Gasteiger partial charge in [0.05, 0.1) is 30.8 Å². The number of alkyl halides is 3. The smallest absolute Gasteiger partial charge is 0.475 e. The van der Waals surface area contributed by atoms with Gasteiger partial charge in [0.2, 0.25) is 16.0 Å². The van der Waals surface area contributed by atoms with Gasteiger partial charge < -0.3 is 14.7 Å². The molecule has 2 aliphatic heterocycles. The van der Waals surface area contributed by atoms with Gasteiger partial charge in [-0.05, 0) is 12.8 Å². The molecule has 0 radical (unpaired) electrons. The summed E-state index contributed by atoms with van der Waals surface area (Å²) in [6, 6.07) is -0.359. The molecule has 0 amide bonds. The molecule has 3 rings (SSSR count). The van der Waals surface area contributed by atoms with Gasteiger partial charge in [-0.2, -0.15) is 13.2 Å². The number of rotatable bonds is 3. The van der Waals surface area contributed by atoms with Gasteiger partial charge >= 0.3 is 12.1 Å². The monoisotopic (exact) mass is 444 g/mol. The third kappa shape index (κ3) is 7.04. The lowest BCUT2D eigenvalue weighted by atomic mass is 9.86. The second kappa shape index (κ2) is 9.17. The van der Waals surface area contributed by atoms with E-state index in [2.05, 4.69) is 14.7 Å². The topological polar surface area (TPSA) is 122 Å². The highest BCUT2D eigenvalue weighted by Crippen LogP contribution is 2.30. The van der Waals surface area contributed by atoms with Crippen molar-refractivity contribution in [3.05, 3.63) is 18.2 Å². The highest BCUT2D eigenvalue weighted by Gasteiger charge is 2.41. The highest BCUT2D eigenvalue weighted by atomic mass is 32.2. The van der Waals surface area contributed by atoms with Gasteiger partial charge in [0.1, 0.15) is 0 Å². The Bertz CT molecular complexity index is 806. The maximum Gasteiger partial charge on any atom is 0.490 e. The van der Waals surface area contributed by atoms with E-state index in [1.807, 2.05) is 4.90 Å². The zero-order chi connectivity index (χ0) is 21.8. The van der Waals surface area contributed by atoms with Crippen molar-refractivity contribution in [3.8, 4) is 0 Å². The number of carboxylic acids is 1. The fourth-order valence-electron chi connectivity index (χ4n) is 3.22. The van der Waals surface area contributed by atoms with Crippen molar-refractivity contribution >= 4 is 21.9 Å². The summed E-state index contributed by atoms with van der Waals surface area (Å²) in [5.74, 6) is -2.64. The number of piperidine rings is 1. The van der Waals surface area contributed by atoms with E-state index < -0.39 is 28.0 Å². The number of nitrogens with one attached hydrogen (secondary N) is 1. The molecule has 2 saturated heterocycles. The molecule has 29 heavy (non-hydrogen) atoms. The lowest BCUT2D eigenvalue weighted by Gasteiger charge is -2.45. The summed E-state index contributed by atoms with van der Waals surface area (Å²) in [5.41, 5.74) is 0. The third-order valence-corrected chi connectivity index (χ3v) is 4.99. The zero-order valence-electron chi connectivity index (χ0n) is 15.3. The van der Waals surface area contributed by atoms with Gasteiger partial charge in [0, 0.05) is 25.6 Å². The normalized spacial score (nSPS) is 24.9. The van der Waals surface area contributed by atoms with Crippen LogP contribution in [0.3, 0.4) is 0 Å². The molecule has 9 nitrogen and oxygen atoms in total. The molecule has 3 heterocycles.